The second-order valence-corrected chi connectivity index (χ2v) is 6.53. The lowest BCUT2D eigenvalue weighted by Crippen LogP contribution is -2.29. The van der Waals surface area contributed by atoms with Gasteiger partial charge in [-0.2, -0.15) is 0 Å². The van der Waals surface area contributed by atoms with Crippen LogP contribution in [-0.2, 0) is 0 Å². The summed E-state index contributed by atoms with van der Waals surface area (Å²) in [6, 6.07) is 5.21. The summed E-state index contributed by atoms with van der Waals surface area (Å²) in [5.74, 6) is 0.483. The van der Waals surface area contributed by atoms with Crippen LogP contribution in [0.1, 0.15) is 36.5 Å². The van der Waals surface area contributed by atoms with E-state index in [4.69, 9.17) is 11.6 Å². The van der Waals surface area contributed by atoms with Gasteiger partial charge in [0.25, 0.3) is 5.91 Å². The molecular weight excluding hydrogens is 393 g/mol. The van der Waals surface area contributed by atoms with Crippen molar-refractivity contribution in [3.05, 3.63) is 33.3 Å². The van der Waals surface area contributed by atoms with Gasteiger partial charge in [0.2, 0.25) is 0 Å². The second kappa shape index (κ2) is 8.98. The van der Waals surface area contributed by atoms with Crippen molar-refractivity contribution in [2.24, 2.45) is 5.92 Å². The number of hydrogen-bond donors (Lipinski definition) is 1. The van der Waals surface area contributed by atoms with Gasteiger partial charge in [0, 0.05) is 21.9 Å². The standard InChI is InChI=1S/C14H18Br2ClNO/c1-2-3-10(6-7-15)9-18-14(19)11-4-5-13(17)12(16)8-11/h4-5,8,10H,2-3,6-7,9H2,1H3,(H,18,19). The lowest BCUT2D eigenvalue weighted by molar-refractivity contribution is 0.0946. The van der Waals surface area contributed by atoms with Crippen molar-refractivity contribution in [3.8, 4) is 0 Å². The highest BCUT2D eigenvalue weighted by Crippen LogP contribution is 2.23. The van der Waals surface area contributed by atoms with E-state index >= 15 is 0 Å². The Labute approximate surface area is 136 Å². The van der Waals surface area contributed by atoms with E-state index in [1.807, 2.05) is 0 Å². The van der Waals surface area contributed by atoms with Crippen molar-refractivity contribution < 1.29 is 4.79 Å². The first-order valence-corrected chi connectivity index (χ1v) is 8.67. The van der Waals surface area contributed by atoms with Crippen molar-refractivity contribution in [2.75, 3.05) is 11.9 Å². The molecule has 5 heteroatoms. The molecule has 0 spiro atoms. The van der Waals surface area contributed by atoms with E-state index in [0.717, 1.165) is 35.6 Å². The zero-order valence-electron chi connectivity index (χ0n) is 10.9. The van der Waals surface area contributed by atoms with E-state index in [9.17, 15) is 4.79 Å². The molecule has 1 amide bonds. The third kappa shape index (κ3) is 5.84. The quantitative estimate of drug-likeness (QED) is 0.626. The molecule has 0 aromatic heterocycles. The molecule has 0 heterocycles. The number of nitrogens with one attached hydrogen (secondary N) is 1. The van der Waals surface area contributed by atoms with Gasteiger partial charge in [-0.05, 0) is 52.9 Å². The molecule has 1 atom stereocenters. The zero-order chi connectivity index (χ0) is 14.3. The minimum atomic E-state index is -0.0481. The van der Waals surface area contributed by atoms with E-state index < -0.39 is 0 Å². The molecule has 19 heavy (non-hydrogen) atoms. The van der Waals surface area contributed by atoms with Gasteiger partial charge < -0.3 is 5.32 Å². The third-order valence-electron chi connectivity index (χ3n) is 2.95. The van der Waals surface area contributed by atoms with Crippen LogP contribution < -0.4 is 5.32 Å². The van der Waals surface area contributed by atoms with Gasteiger partial charge in [0.05, 0.1) is 5.02 Å². The molecule has 0 saturated heterocycles. The van der Waals surface area contributed by atoms with E-state index in [2.05, 4.69) is 44.1 Å². The Morgan fingerprint density at radius 3 is 2.74 bits per heavy atom. The highest BCUT2D eigenvalue weighted by Gasteiger charge is 2.11. The molecule has 0 aliphatic carbocycles. The number of halogens is 3. The van der Waals surface area contributed by atoms with Gasteiger partial charge in [-0.25, -0.2) is 0 Å². The molecule has 0 fully saturated rings. The summed E-state index contributed by atoms with van der Waals surface area (Å²) in [6.07, 6.45) is 3.36. The summed E-state index contributed by atoms with van der Waals surface area (Å²) in [5, 5.41) is 4.57. The topological polar surface area (TPSA) is 29.1 Å². The largest absolute Gasteiger partial charge is 0.352 e. The van der Waals surface area contributed by atoms with E-state index in [1.165, 1.54) is 0 Å². The van der Waals surface area contributed by atoms with Gasteiger partial charge >= 0.3 is 0 Å². The van der Waals surface area contributed by atoms with Crippen LogP contribution in [-0.4, -0.2) is 17.8 Å². The molecule has 0 radical (unpaired) electrons. The molecule has 106 valence electrons. The molecule has 1 aromatic carbocycles. The lowest BCUT2D eigenvalue weighted by atomic mass is 10.0. The van der Waals surface area contributed by atoms with Crippen molar-refractivity contribution >= 4 is 49.4 Å². The number of rotatable bonds is 7. The van der Waals surface area contributed by atoms with Crippen molar-refractivity contribution in [2.45, 2.75) is 26.2 Å². The average molecular weight is 412 g/mol. The SMILES string of the molecule is CCCC(CCBr)CNC(=O)c1ccc(Cl)c(Br)c1. The number of hydrogen-bond acceptors (Lipinski definition) is 1. The Hall–Kier alpha value is -0.0600. The fourth-order valence-electron chi connectivity index (χ4n) is 1.89. The van der Waals surface area contributed by atoms with Gasteiger partial charge in [-0.3, -0.25) is 4.79 Å². The minimum absolute atomic E-state index is 0.0481. The molecule has 1 rings (SSSR count). The minimum Gasteiger partial charge on any atom is -0.352 e. The Balaban J connectivity index is 2.56. The van der Waals surface area contributed by atoms with Crippen LogP contribution in [0.4, 0.5) is 0 Å². The number of amides is 1. The Morgan fingerprint density at radius 1 is 1.42 bits per heavy atom. The van der Waals surface area contributed by atoms with E-state index in [1.54, 1.807) is 18.2 Å². The first-order valence-electron chi connectivity index (χ1n) is 6.37. The monoisotopic (exact) mass is 409 g/mol. The van der Waals surface area contributed by atoms with Gasteiger partial charge in [-0.1, -0.05) is 40.9 Å². The Bertz CT molecular complexity index is 420. The number of carbonyl (C=O) groups excluding carboxylic acids is 1. The maximum absolute atomic E-state index is 12.0. The van der Waals surface area contributed by atoms with Crippen LogP contribution in [0.5, 0.6) is 0 Å². The smallest absolute Gasteiger partial charge is 0.251 e. The number of alkyl halides is 1. The highest BCUT2D eigenvalue weighted by atomic mass is 79.9. The predicted molar refractivity (Wildman–Crippen MR) is 88.3 cm³/mol. The van der Waals surface area contributed by atoms with Crippen molar-refractivity contribution in [3.63, 3.8) is 0 Å². The molecular formula is C14H18Br2ClNO. The van der Waals surface area contributed by atoms with Crippen LogP contribution in [0.25, 0.3) is 0 Å². The average Bonchev–Trinajstić information content (AvgIpc) is 2.39. The summed E-state index contributed by atoms with van der Waals surface area (Å²) >= 11 is 12.7. The fraction of sp³-hybridized carbons (Fsp3) is 0.500. The molecule has 0 bridgehead atoms. The van der Waals surface area contributed by atoms with Crippen molar-refractivity contribution in [1.29, 1.82) is 0 Å². The molecule has 0 saturated carbocycles. The first kappa shape index (κ1) is 17.0. The summed E-state index contributed by atoms with van der Waals surface area (Å²) in [7, 11) is 0. The van der Waals surface area contributed by atoms with E-state index in [0.29, 0.717) is 16.5 Å². The maximum Gasteiger partial charge on any atom is 0.251 e. The van der Waals surface area contributed by atoms with Crippen LogP contribution in [0.2, 0.25) is 5.02 Å². The molecule has 2 nitrogen and oxygen atoms in total. The number of carbonyl (C=O) groups is 1. The second-order valence-electron chi connectivity index (χ2n) is 4.47. The lowest BCUT2D eigenvalue weighted by Gasteiger charge is -2.15. The van der Waals surface area contributed by atoms with Gasteiger partial charge in [0.15, 0.2) is 0 Å². The summed E-state index contributed by atoms with van der Waals surface area (Å²) in [6.45, 7) is 2.89. The predicted octanol–water partition coefficient (Wildman–Crippen LogP) is 5.03. The van der Waals surface area contributed by atoms with Gasteiger partial charge in [0.1, 0.15) is 0 Å². The van der Waals surface area contributed by atoms with Crippen molar-refractivity contribution in [1.82, 2.24) is 5.32 Å². The fourth-order valence-corrected chi connectivity index (χ4v) is 3.03. The summed E-state index contributed by atoms with van der Waals surface area (Å²) in [4.78, 5) is 12.0. The number of benzene rings is 1. The maximum atomic E-state index is 12.0. The Morgan fingerprint density at radius 2 is 2.16 bits per heavy atom. The third-order valence-corrected chi connectivity index (χ3v) is 4.62. The van der Waals surface area contributed by atoms with Crippen LogP contribution in [0, 0.1) is 5.92 Å². The summed E-state index contributed by atoms with van der Waals surface area (Å²) in [5.41, 5.74) is 0.630. The zero-order valence-corrected chi connectivity index (χ0v) is 14.8. The molecule has 1 unspecified atom stereocenters. The molecule has 1 N–H and O–H groups in total. The highest BCUT2D eigenvalue weighted by molar-refractivity contribution is 9.10. The Kier molecular flexibility index (Phi) is 8.03. The van der Waals surface area contributed by atoms with Gasteiger partial charge in [-0.15, -0.1) is 0 Å². The van der Waals surface area contributed by atoms with Crippen LogP contribution >= 0.6 is 43.5 Å². The normalized spacial score (nSPS) is 12.2. The molecule has 0 aliphatic heterocycles. The summed E-state index contributed by atoms with van der Waals surface area (Å²) < 4.78 is 0.743. The first-order chi connectivity index (χ1) is 9.08. The molecule has 1 aromatic rings. The van der Waals surface area contributed by atoms with Crippen LogP contribution in [0.3, 0.4) is 0 Å². The molecule has 0 aliphatic rings. The van der Waals surface area contributed by atoms with Crippen LogP contribution in [0.15, 0.2) is 22.7 Å². The van der Waals surface area contributed by atoms with E-state index in [-0.39, 0.29) is 5.91 Å².